The first-order valence-corrected chi connectivity index (χ1v) is 7.76. The van der Waals surface area contributed by atoms with Crippen molar-refractivity contribution in [3.63, 3.8) is 0 Å². The number of ether oxygens (including phenoxy) is 1. The SMILES string of the molecule is CCOC(=O)N1CCN(c2c(N[C@@H](C)CC)c(=O)c2=O)CC1. The van der Waals surface area contributed by atoms with Gasteiger partial charge in [0.1, 0.15) is 11.4 Å². The molecule has 0 bridgehead atoms. The Morgan fingerprint density at radius 2 is 1.82 bits per heavy atom. The topological polar surface area (TPSA) is 79.0 Å². The van der Waals surface area contributed by atoms with Crippen LogP contribution in [0.25, 0.3) is 0 Å². The Hall–Kier alpha value is -2.05. The van der Waals surface area contributed by atoms with Crippen molar-refractivity contribution in [2.24, 2.45) is 0 Å². The predicted molar refractivity (Wildman–Crippen MR) is 85.5 cm³/mol. The Balaban J connectivity index is 2.03. The summed E-state index contributed by atoms with van der Waals surface area (Å²) in [5.41, 5.74) is 0.0104. The Kier molecular flexibility index (Phi) is 5.05. The summed E-state index contributed by atoms with van der Waals surface area (Å²) in [6, 6.07) is 0.142. The van der Waals surface area contributed by atoms with Crippen LogP contribution in [0.3, 0.4) is 0 Å². The van der Waals surface area contributed by atoms with Crippen molar-refractivity contribution in [2.45, 2.75) is 33.2 Å². The van der Waals surface area contributed by atoms with Crippen LogP contribution in [0, 0.1) is 0 Å². The lowest BCUT2D eigenvalue weighted by molar-refractivity contribution is 0.105. The summed E-state index contributed by atoms with van der Waals surface area (Å²) in [6.07, 6.45) is 0.541. The van der Waals surface area contributed by atoms with Gasteiger partial charge >= 0.3 is 6.09 Å². The molecule has 0 aliphatic carbocycles. The Morgan fingerprint density at radius 1 is 1.18 bits per heavy atom. The molecule has 0 saturated carbocycles. The van der Waals surface area contributed by atoms with Crippen molar-refractivity contribution >= 4 is 17.5 Å². The number of carbonyl (C=O) groups is 1. The molecule has 7 heteroatoms. The molecule has 0 spiro atoms. The molecule has 2 rings (SSSR count). The molecule has 1 aliphatic rings. The molecule has 22 heavy (non-hydrogen) atoms. The number of amides is 1. The highest BCUT2D eigenvalue weighted by Gasteiger charge is 2.30. The standard InChI is InChI=1S/C15H23N3O4/c1-4-10(3)16-11-12(14(20)13(11)19)17-6-8-18(9-7-17)15(21)22-5-2/h10,16H,4-9H2,1-3H3/t10-/m0/s1. The maximum absolute atomic E-state index is 11.9. The lowest BCUT2D eigenvalue weighted by Crippen LogP contribution is -2.53. The maximum Gasteiger partial charge on any atom is 0.409 e. The number of rotatable bonds is 5. The molecule has 0 unspecified atom stereocenters. The summed E-state index contributed by atoms with van der Waals surface area (Å²) in [4.78, 5) is 38.8. The Labute approximate surface area is 129 Å². The van der Waals surface area contributed by atoms with Gasteiger partial charge in [-0.3, -0.25) is 9.59 Å². The number of nitrogens with one attached hydrogen (secondary N) is 1. The smallest absolute Gasteiger partial charge is 0.409 e. The lowest BCUT2D eigenvalue weighted by Gasteiger charge is -2.36. The van der Waals surface area contributed by atoms with Gasteiger partial charge in [-0.25, -0.2) is 4.79 Å². The van der Waals surface area contributed by atoms with Crippen LogP contribution < -0.4 is 21.1 Å². The van der Waals surface area contributed by atoms with E-state index in [1.165, 1.54) is 0 Å². The highest BCUT2D eigenvalue weighted by Crippen LogP contribution is 2.22. The van der Waals surface area contributed by atoms with Crippen LogP contribution in [0.1, 0.15) is 27.2 Å². The van der Waals surface area contributed by atoms with E-state index < -0.39 is 10.9 Å². The van der Waals surface area contributed by atoms with Gasteiger partial charge in [0.15, 0.2) is 0 Å². The highest BCUT2D eigenvalue weighted by atomic mass is 16.6. The third kappa shape index (κ3) is 3.08. The van der Waals surface area contributed by atoms with E-state index in [0.717, 1.165) is 6.42 Å². The summed E-state index contributed by atoms with van der Waals surface area (Å²) in [7, 11) is 0. The molecule has 1 aromatic rings. The first kappa shape index (κ1) is 16.3. The van der Waals surface area contributed by atoms with Gasteiger partial charge in [0, 0.05) is 32.2 Å². The number of nitrogens with zero attached hydrogens (tertiary/aromatic N) is 2. The monoisotopic (exact) mass is 309 g/mol. The van der Waals surface area contributed by atoms with Crippen molar-refractivity contribution in [3.05, 3.63) is 20.4 Å². The molecule has 1 amide bonds. The molecule has 1 heterocycles. The van der Waals surface area contributed by atoms with E-state index in [9.17, 15) is 14.4 Å². The molecular weight excluding hydrogens is 286 g/mol. The molecule has 1 saturated heterocycles. The predicted octanol–water partition coefficient (Wildman–Crippen LogP) is 0.772. The summed E-state index contributed by atoms with van der Waals surface area (Å²) in [6.45, 7) is 8.13. The first-order chi connectivity index (χ1) is 10.5. The molecular formula is C15H23N3O4. The third-order valence-electron chi connectivity index (χ3n) is 4.01. The zero-order valence-electron chi connectivity index (χ0n) is 13.3. The van der Waals surface area contributed by atoms with Gasteiger partial charge in [-0.05, 0) is 20.3 Å². The third-order valence-corrected chi connectivity index (χ3v) is 4.01. The van der Waals surface area contributed by atoms with E-state index in [1.807, 2.05) is 18.7 Å². The average molecular weight is 309 g/mol. The van der Waals surface area contributed by atoms with E-state index in [0.29, 0.717) is 44.2 Å². The van der Waals surface area contributed by atoms with Gasteiger partial charge in [0.05, 0.1) is 6.61 Å². The molecule has 7 nitrogen and oxygen atoms in total. The highest BCUT2D eigenvalue weighted by molar-refractivity contribution is 5.76. The minimum Gasteiger partial charge on any atom is -0.450 e. The molecule has 0 radical (unpaired) electrons. The minimum absolute atomic E-state index is 0.142. The minimum atomic E-state index is -0.442. The second-order valence-corrected chi connectivity index (χ2v) is 5.51. The van der Waals surface area contributed by atoms with Crippen molar-refractivity contribution in [3.8, 4) is 0 Å². The molecule has 1 aliphatic heterocycles. The maximum atomic E-state index is 11.9. The largest absolute Gasteiger partial charge is 0.450 e. The van der Waals surface area contributed by atoms with Gasteiger partial charge < -0.3 is 19.9 Å². The molecule has 1 aromatic carbocycles. The fourth-order valence-corrected chi connectivity index (χ4v) is 2.49. The van der Waals surface area contributed by atoms with E-state index in [4.69, 9.17) is 4.74 Å². The van der Waals surface area contributed by atoms with Gasteiger partial charge in [0.25, 0.3) is 10.9 Å². The zero-order chi connectivity index (χ0) is 16.3. The fraction of sp³-hybridized carbons (Fsp3) is 0.667. The quantitative estimate of drug-likeness (QED) is 0.810. The second kappa shape index (κ2) is 6.81. The van der Waals surface area contributed by atoms with E-state index in [2.05, 4.69) is 5.32 Å². The Morgan fingerprint density at radius 3 is 2.36 bits per heavy atom. The molecule has 1 atom stereocenters. The lowest BCUT2D eigenvalue weighted by atomic mass is 10.1. The van der Waals surface area contributed by atoms with Crippen LogP contribution >= 0.6 is 0 Å². The molecule has 0 aromatic heterocycles. The van der Waals surface area contributed by atoms with Crippen LogP contribution in [0.15, 0.2) is 9.59 Å². The first-order valence-electron chi connectivity index (χ1n) is 7.76. The summed E-state index contributed by atoms with van der Waals surface area (Å²) >= 11 is 0. The van der Waals surface area contributed by atoms with E-state index >= 15 is 0 Å². The molecule has 1 N–H and O–H groups in total. The summed E-state index contributed by atoms with van der Waals surface area (Å²) in [5, 5.41) is 3.11. The number of hydrogen-bond donors (Lipinski definition) is 1. The van der Waals surface area contributed by atoms with Crippen molar-refractivity contribution in [1.82, 2.24) is 4.90 Å². The van der Waals surface area contributed by atoms with Crippen LogP contribution in [-0.2, 0) is 4.74 Å². The van der Waals surface area contributed by atoms with Crippen molar-refractivity contribution < 1.29 is 9.53 Å². The van der Waals surface area contributed by atoms with Gasteiger partial charge in [-0.2, -0.15) is 0 Å². The number of carbonyl (C=O) groups excluding carboxylic acids is 1. The van der Waals surface area contributed by atoms with Crippen LogP contribution in [0.2, 0.25) is 0 Å². The molecule has 1 fully saturated rings. The summed E-state index contributed by atoms with van der Waals surface area (Å²) < 4.78 is 4.97. The van der Waals surface area contributed by atoms with Gasteiger partial charge in [-0.15, -0.1) is 0 Å². The van der Waals surface area contributed by atoms with Gasteiger partial charge in [0.2, 0.25) is 0 Å². The molecule has 122 valence electrons. The van der Waals surface area contributed by atoms with Crippen LogP contribution in [-0.4, -0.2) is 49.8 Å². The van der Waals surface area contributed by atoms with Crippen molar-refractivity contribution in [1.29, 1.82) is 0 Å². The Bertz CT molecular complexity index is 598. The number of anilines is 2. The van der Waals surface area contributed by atoms with Crippen LogP contribution in [0.4, 0.5) is 16.2 Å². The fourth-order valence-electron chi connectivity index (χ4n) is 2.49. The average Bonchev–Trinajstić information content (AvgIpc) is 2.54. The second-order valence-electron chi connectivity index (χ2n) is 5.51. The van der Waals surface area contributed by atoms with E-state index in [-0.39, 0.29) is 12.1 Å². The van der Waals surface area contributed by atoms with E-state index in [1.54, 1.807) is 11.8 Å². The normalized spacial score (nSPS) is 16.7. The number of piperazine rings is 1. The zero-order valence-corrected chi connectivity index (χ0v) is 13.3. The summed E-state index contributed by atoms with van der Waals surface area (Å²) in [5.74, 6) is 0. The van der Waals surface area contributed by atoms with Crippen molar-refractivity contribution in [2.75, 3.05) is 43.0 Å². The van der Waals surface area contributed by atoms with Crippen LogP contribution in [0.5, 0.6) is 0 Å². The number of hydrogen-bond acceptors (Lipinski definition) is 6. The van der Waals surface area contributed by atoms with Gasteiger partial charge in [-0.1, -0.05) is 6.92 Å².